The number of piperidine rings is 1. The fourth-order valence-corrected chi connectivity index (χ4v) is 2.14. The molecule has 0 aromatic heterocycles. The Hall–Kier alpha value is -0.610. The second-order valence-corrected chi connectivity index (χ2v) is 5.17. The molecule has 0 aliphatic carbocycles. The molecule has 94 valence electrons. The molecule has 0 spiro atoms. The highest BCUT2D eigenvalue weighted by Gasteiger charge is 2.24. The molecule has 4 heteroatoms. The number of hydrogen-bond acceptors (Lipinski definition) is 3. The minimum Gasteiger partial charge on any atom is -0.353 e. The molecule has 0 aromatic carbocycles. The Balaban J connectivity index is 2.38. The van der Waals surface area contributed by atoms with Crippen LogP contribution in [-0.2, 0) is 4.79 Å². The van der Waals surface area contributed by atoms with Gasteiger partial charge in [0.2, 0.25) is 5.91 Å². The molecule has 1 saturated heterocycles. The van der Waals surface area contributed by atoms with Gasteiger partial charge in [0, 0.05) is 12.6 Å². The molecule has 0 radical (unpaired) electrons. The van der Waals surface area contributed by atoms with Gasteiger partial charge in [0.05, 0.1) is 5.92 Å². The van der Waals surface area contributed by atoms with E-state index in [1.165, 1.54) is 0 Å². The maximum absolute atomic E-state index is 12.0. The number of carbonyl (C=O) groups excluding carboxylic acids is 1. The van der Waals surface area contributed by atoms with Gasteiger partial charge in [-0.3, -0.25) is 4.79 Å². The predicted molar refractivity (Wildman–Crippen MR) is 66.0 cm³/mol. The van der Waals surface area contributed by atoms with E-state index in [2.05, 4.69) is 17.3 Å². The monoisotopic (exact) mass is 227 g/mol. The van der Waals surface area contributed by atoms with Crippen molar-refractivity contribution in [2.24, 2.45) is 17.6 Å². The van der Waals surface area contributed by atoms with E-state index in [1.54, 1.807) is 0 Å². The van der Waals surface area contributed by atoms with Gasteiger partial charge in [0.25, 0.3) is 0 Å². The molecule has 4 nitrogen and oxygen atoms in total. The summed E-state index contributed by atoms with van der Waals surface area (Å²) < 4.78 is 0. The van der Waals surface area contributed by atoms with Crippen LogP contribution in [0.2, 0.25) is 0 Å². The average molecular weight is 227 g/mol. The topological polar surface area (TPSA) is 58.4 Å². The van der Waals surface area contributed by atoms with Crippen molar-refractivity contribution < 1.29 is 4.79 Å². The lowest BCUT2D eigenvalue weighted by atomic mass is 9.94. The van der Waals surface area contributed by atoms with Gasteiger partial charge in [-0.25, -0.2) is 0 Å². The van der Waals surface area contributed by atoms with Crippen molar-refractivity contribution in [2.75, 3.05) is 26.7 Å². The van der Waals surface area contributed by atoms with Gasteiger partial charge < -0.3 is 16.0 Å². The lowest BCUT2D eigenvalue weighted by molar-refractivity contribution is -0.127. The van der Waals surface area contributed by atoms with Crippen molar-refractivity contribution >= 4 is 5.91 Å². The SMILES string of the molecule is CC(C)C(CN)C(=O)NC1CCN(C)CC1. The van der Waals surface area contributed by atoms with Crippen molar-refractivity contribution in [1.82, 2.24) is 10.2 Å². The van der Waals surface area contributed by atoms with Crippen LogP contribution in [0.4, 0.5) is 0 Å². The third-order valence-electron chi connectivity index (χ3n) is 3.46. The molecule has 1 aliphatic rings. The van der Waals surface area contributed by atoms with Crippen LogP contribution in [0.15, 0.2) is 0 Å². The van der Waals surface area contributed by atoms with Crippen molar-refractivity contribution in [3.63, 3.8) is 0 Å². The lowest BCUT2D eigenvalue weighted by Crippen LogP contribution is -2.47. The van der Waals surface area contributed by atoms with Crippen molar-refractivity contribution in [2.45, 2.75) is 32.7 Å². The fourth-order valence-electron chi connectivity index (χ4n) is 2.14. The molecular weight excluding hydrogens is 202 g/mol. The van der Waals surface area contributed by atoms with Gasteiger partial charge in [-0.2, -0.15) is 0 Å². The minimum absolute atomic E-state index is 0.0420. The Morgan fingerprint density at radius 3 is 2.44 bits per heavy atom. The standard InChI is InChI=1S/C12H25N3O/c1-9(2)11(8-13)12(16)14-10-4-6-15(3)7-5-10/h9-11H,4-8,13H2,1-3H3,(H,14,16). The molecule has 1 fully saturated rings. The first-order chi connectivity index (χ1) is 7.54. The highest BCUT2D eigenvalue weighted by atomic mass is 16.2. The van der Waals surface area contributed by atoms with E-state index in [4.69, 9.17) is 5.73 Å². The number of nitrogens with two attached hydrogens (primary N) is 1. The van der Waals surface area contributed by atoms with E-state index in [1.807, 2.05) is 13.8 Å². The molecule has 1 heterocycles. The molecule has 3 N–H and O–H groups in total. The predicted octanol–water partition coefficient (Wildman–Crippen LogP) is 0.428. The quantitative estimate of drug-likeness (QED) is 0.732. The van der Waals surface area contributed by atoms with Gasteiger partial charge in [-0.05, 0) is 38.9 Å². The van der Waals surface area contributed by atoms with Gasteiger partial charge in [0.1, 0.15) is 0 Å². The molecule has 1 aliphatic heterocycles. The number of likely N-dealkylation sites (tertiary alicyclic amines) is 1. The molecule has 1 unspecified atom stereocenters. The van der Waals surface area contributed by atoms with Crippen LogP contribution in [-0.4, -0.2) is 43.5 Å². The Morgan fingerprint density at radius 2 is 2.00 bits per heavy atom. The number of nitrogens with zero attached hydrogens (tertiary/aromatic N) is 1. The maximum atomic E-state index is 12.0. The van der Waals surface area contributed by atoms with Crippen molar-refractivity contribution in [1.29, 1.82) is 0 Å². The van der Waals surface area contributed by atoms with E-state index in [-0.39, 0.29) is 11.8 Å². The molecule has 1 rings (SSSR count). The zero-order chi connectivity index (χ0) is 12.1. The summed E-state index contributed by atoms with van der Waals surface area (Å²) in [6.45, 7) is 6.67. The van der Waals surface area contributed by atoms with Crippen LogP contribution in [0, 0.1) is 11.8 Å². The zero-order valence-electron chi connectivity index (χ0n) is 10.7. The van der Waals surface area contributed by atoms with Crippen LogP contribution < -0.4 is 11.1 Å². The summed E-state index contributed by atoms with van der Waals surface area (Å²) in [5.41, 5.74) is 5.63. The number of nitrogens with one attached hydrogen (secondary N) is 1. The van der Waals surface area contributed by atoms with Crippen LogP contribution in [0.1, 0.15) is 26.7 Å². The van der Waals surface area contributed by atoms with E-state index in [0.29, 0.717) is 18.5 Å². The highest BCUT2D eigenvalue weighted by molar-refractivity contribution is 5.79. The third-order valence-corrected chi connectivity index (χ3v) is 3.46. The molecule has 1 atom stereocenters. The summed E-state index contributed by atoms with van der Waals surface area (Å²) >= 11 is 0. The van der Waals surface area contributed by atoms with E-state index in [0.717, 1.165) is 25.9 Å². The molecule has 1 amide bonds. The van der Waals surface area contributed by atoms with Crippen molar-refractivity contribution in [3.05, 3.63) is 0 Å². The second-order valence-electron chi connectivity index (χ2n) is 5.17. The summed E-state index contributed by atoms with van der Waals surface area (Å²) in [6, 6.07) is 0.344. The van der Waals surface area contributed by atoms with Gasteiger partial charge in [0.15, 0.2) is 0 Å². The first-order valence-corrected chi connectivity index (χ1v) is 6.23. The molecule has 0 bridgehead atoms. The van der Waals surface area contributed by atoms with Crippen LogP contribution in [0.25, 0.3) is 0 Å². The molecule has 0 aromatic rings. The van der Waals surface area contributed by atoms with Crippen LogP contribution in [0.3, 0.4) is 0 Å². The van der Waals surface area contributed by atoms with E-state index in [9.17, 15) is 4.79 Å². The lowest BCUT2D eigenvalue weighted by Gasteiger charge is -2.31. The van der Waals surface area contributed by atoms with Gasteiger partial charge in [-0.1, -0.05) is 13.8 Å². The highest BCUT2D eigenvalue weighted by Crippen LogP contribution is 2.12. The first kappa shape index (κ1) is 13.5. The molecular formula is C12H25N3O. The van der Waals surface area contributed by atoms with E-state index >= 15 is 0 Å². The largest absolute Gasteiger partial charge is 0.353 e. The number of amides is 1. The first-order valence-electron chi connectivity index (χ1n) is 6.23. The maximum Gasteiger partial charge on any atom is 0.224 e. The summed E-state index contributed by atoms with van der Waals surface area (Å²) in [4.78, 5) is 14.3. The minimum atomic E-state index is -0.0420. The Kier molecular flexibility index (Phi) is 5.22. The molecule has 0 saturated carbocycles. The second kappa shape index (κ2) is 6.21. The number of carbonyl (C=O) groups is 1. The Labute approximate surface area is 98.6 Å². The smallest absolute Gasteiger partial charge is 0.224 e. The van der Waals surface area contributed by atoms with Crippen molar-refractivity contribution in [3.8, 4) is 0 Å². The van der Waals surface area contributed by atoms with Gasteiger partial charge in [-0.15, -0.1) is 0 Å². The summed E-state index contributed by atoms with van der Waals surface area (Å²) in [7, 11) is 2.12. The zero-order valence-corrected chi connectivity index (χ0v) is 10.7. The van der Waals surface area contributed by atoms with Crippen LogP contribution >= 0.6 is 0 Å². The van der Waals surface area contributed by atoms with Gasteiger partial charge >= 0.3 is 0 Å². The summed E-state index contributed by atoms with van der Waals surface area (Å²) in [6.07, 6.45) is 2.11. The fraction of sp³-hybridized carbons (Fsp3) is 0.917. The summed E-state index contributed by atoms with van der Waals surface area (Å²) in [5, 5.41) is 3.13. The average Bonchev–Trinajstić information content (AvgIpc) is 2.22. The third kappa shape index (κ3) is 3.76. The van der Waals surface area contributed by atoms with Crippen LogP contribution in [0.5, 0.6) is 0 Å². The van der Waals surface area contributed by atoms with E-state index < -0.39 is 0 Å². The summed E-state index contributed by atoms with van der Waals surface area (Å²) in [5.74, 6) is 0.406. The molecule has 16 heavy (non-hydrogen) atoms. The number of rotatable bonds is 4. The Morgan fingerprint density at radius 1 is 1.44 bits per heavy atom. The number of hydrogen-bond donors (Lipinski definition) is 2. The normalized spacial score (nSPS) is 21.1. The Bertz CT molecular complexity index is 222.